The minimum atomic E-state index is -0.294. The van der Waals surface area contributed by atoms with E-state index in [2.05, 4.69) is 23.8 Å². The SMILES string of the molecule is C=CCN(C)CCC1CCCN(C(=O)c2ccc(NC(=O)c3ccccc3Cl)cc2C)c2ccc(Cl)cc21.Cl. The van der Waals surface area contributed by atoms with Gasteiger partial charge >= 0.3 is 0 Å². The highest BCUT2D eigenvalue weighted by Crippen LogP contribution is 2.39. The average molecular weight is 587 g/mol. The van der Waals surface area contributed by atoms with Crippen molar-refractivity contribution in [2.75, 3.05) is 36.9 Å². The van der Waals surface area contributed by atoms with Gasteiger partial charge < -0.3 is 15.1 Å². The first kappa shape index (κ1) is 30.7. The number of anilines is 2. The van der Waals surface area contributed by atoms with Crippen molar-refractivity contribution in [1.29, 1.82) is 0 Å². The Bertz CT molecular complexity index is 1340. The molecule has 1 aliphatic heterocycles. The minimum Gasteiger partial charge on any atom is -0.322 e. The van der Waals surface area contributed by atoms with Crippen molar-refractivity contribution in [2.45, 2.75) is 32.1 Å². The van der Waals surface area contributed by atoms with Crippen LogP contribution >= 0.6 is 35.6 Å². The van der Waals surface area contributed by atoms with Crippen LogP contribution in [0.3, 0.4) is 0 Å². The van der Waals surface area contributed by atoms with E-state index >= 15 is 0 Å². The molecule has 3 aromatic rings. The van der Waals surface area contributed by atoms with Crippen LogP contribution in [0.1, 0.15) is 57.0 Å². The molecule has 1 atom stereocenters. The van der Waals surface area contributed by atoms with Crippen LogP contribution in [-0.4, -0.2) is 43.4 Å². The molecule has 5 nitrogen and oxygen atoms in total. The van der Waals surface area contributed by atoms with Gasteiger partial charge in [0.15, 0.2) is 0 Å². The van der Waals surface area contributed by atoms with E-state index in [1.807, 2.05) is 42.2 Å². The Morgan fingerprint density at radius 2 is 1.87 bits per heavy atom. The minimum absolute atomic E-state index is 0. The number of aryl methyl sites for hydroxylation is 1. The number of fused-ring (bicyclic) bond motifs is 1. The lowest BCUT2D eigenvalue weighted by Crippen LogP contribution is -2.32. The Morgan fingerprint density at radius 3 is 2.59 bits per heavy atom. The second kappa shape index (κ2) is 14.0. The Morgan fingerprint density at radius 1 is 1.10 bits per heavy atom. The highest BCUT2D eigenvalue weighted by atomic mass is 35.5. The third-order valence-corrected chi connectivity index (χ3v) is 7.60. The molecule has 1 aliphatic rings. The van der Waals surface area contributed by atoms with Gasteiger partial charge in [0, 0.05) is 35.1 Å². The van der Waals surface area contributed by atoms with E-state index in [1.54, 1.807) is 36.4 Å². The quantitative estimate of drug-likeness (QED) is 0.272. The molecule has 2 amide bonds. The smallest absolute Gasteiger partial charge is 0.258 e. The molecule has 0 spiro atoms. The van der Waals surface area contributed by atoms with Gasteiger partial charge in [0.2, 0.25) is 0 Å². The van der Waals surface area contributed by atoms with Gasteiger partial charge in [-0.1, -0.05) is 41.4 Å². The van der Waals surface area contributed by atoms with Crippen LogP contribution in [0.2, 0.25) is 10.0 Å². The zero-order chi connectivity index (χ0) is 27.2. The van der Waals surface area contributed by atoms with Crippen molar-refractivity contribution < 1.29 is 9.59 Å². The summed E-state index contributed by atoms with van der Waals surface area (Å²) < 4.78 is 0. The first-order valence-electron chi connectivity index (χ1n) is 12.9. The molecule has 1 N–H and O–H groups in total. The van der Waals surface area contributed by atoms with Crippen LogP contribution in [0.5, 0.6) is 0 Å². The predicted octanol–water partition coefficient (Wildman–Crippen LogP) is 8.01. The number of nitrogens with zero attached hydrogens (tertiary/aromatic N) is 2. The molecule has 206 valence electrons. The number of carbonyl (C=O) groups is 2. The highest BCUT2D eigenvalue weighted by molar-refractivity contribution is 6.34. The van der Waals surface area contributed by atoms with E-state index in [1.165, 1.54) is 0 Å². The largest absolute Gasteiger partial charge is 0.322 e. The summed E-state index contributed by atoms with van der Waals surface area (Å²) in [5.41, 5.74) is 4.44. The van der Waals surface area contributed by atoms with Gasteiger partial charge in [-0.2, -0.15) is 0 Å². The van der Waals surface area contributed by atoms with Crippen LogP contribution in [0, 0.1) is 6.92 Å². The molecular weight excluding hydrogens is 553 g/mol. The number of halogens is 3. The van der Waals surface area contributed by atoms with Gasteiger partial charge in [-0.3, -0.25) is 9.59 Å². The summed E-state index contributed by atoms with van der Waals surface area (Å²) in [4.78, 5) is 30.7. The summed E-state index contributed by atoms with van der Waals surface area (Å²) >= 11 is 12.6. The van der Waals surface area contributed by atoms with Gasteiger partial charge in [0.05, 0.1) is 10.6 Å². The maximum atomic E-state index is 13.8. The van der Waals surface area contributed by atoms with E-state index in [0.717, 1.165) is 49.2 Å². The number of hydrogen-bond acceptors (Lipinski definition) is 3. The Kier molecular flexibility index (Phi) is 11.0. The molecule has 1 heterocycles. The molecule has 0 saturated carbocycles. The molecule has 4 rings (SSSR count). The van der Waals surface area contributed by atoms with Crippen molar-refractivity contribution in [2.24, 2.45) is 0 Å². The van der Waals surface area contributed by atoms with Crippen molar-refractivity contribution in [3.05, 3.63) is 106 Å². The monoisotopic (exact) mass is 585 g/mol. The van der Waals surface area contributed by atoms with Crippen LogP contribution in [0.4, 0.5) is 11.4 Å². The summed E-state index contributed by atoms with van der Waals surface area (Å²) in [6, 6.07) is 18.1. The maximum Gasteiger partial charge on any atom is 0.258 e. The lowest BCUT2D eigenvalue weighted by Gasteiger charge is -2.26. The van der Waals surface area contributed by atoms with E-state index in [4.69, 9.17) is 23.2 Å². The first-order valence-corrected chi connectivity index (χ1v) is 13.6. The van der Waals surface area contributed by atoms with Gasteiger partial charge in [0.1, 0.15) is 0 Å². The molecule has 3 aromatic carbocycles. The summed E-state index contributed by atoms with van der Waals surface area (Å²) in [6.45, 7) is 8.14. The number of rotatable bonds is 8. The standard InChI is InChI=1S/C31H33Cl2N3O2.ClH/c1-4-16-35(3)18-15-22-8-7-17-36(29-14-11-23(32)20-27(22)29)31(38)25-13-12-24(19-21(25)2)34-30(37)26-9-5-6-10-28(26)33;/h4-6,9-14,19-20,22H,1,7-8,15-18H2,2-3H3,(H,34,37);1H. The maximum absolute atomic E-state index is 13.8. The van der Waals surface area contributed by atoms with Crippen LogP contribution in [0.25, 0.3) is 0 Å². The fourth-order valence-electron chi connectivity index (χ4n) is 5.04. The molecule has 0 fully saturated rings. The Balaban J connectivity index is 0.00000420. The summed E-state index contributed by atoms with van der Waals surface area (Å²) in [7, 11) is 2.09. The van der Waals surface area contributed by atoms with Crippen molar-refractivity contribution in [3.63, 3.8) is 0 Å². The second-order valence-electron chi connectivity index (χ2n) is 9.80. The zero-order valence-corrected chi connectivity index (χ0v) is 24.6. The number of amides is 2. The molecule has 39 heavy (non-hydrogen) atoms. The number of benzene rings is 3. The fraction of sp³-hybridized carbons (Fsp3) is 0.290. The molecule has 0 saturated heterocycles. The average Bonchev–Trinajstić information content (AvgIpc) is 3.06. The third kappa shape index (κ3) is 7.43. The van der Waals surface area contributed by atoms with E-state index in [9.17, 15) is 9.59 Å². The van der Waals surface area contributed by atoms with Crippen molar-refractivity contribution >= 4 is 58.8 Å². The van der Waals surface area contributed by atoms with E-state index < -0.39 is 0 Å². The first-order chi connectivity index (χ1) is 18.3. The predicted molar refractivity (Wildman–Crippen MR) is 165 cm³/mol. The van der Waals surface area contributed by atoms with Gasteiger partial charge in [-0.25, -0.2) is 0 Å². The zero-order valence-electron chi connectivity index (χ0n) is 22.3. The van der Waals surface area contributed by atoms with Gasteiger partial charge in [-0.05, 0) is 105 Å². The molecule has 1 unspecified atom stereocenters. The van der Waals surface area contributed by atoms with Gasteiger partial charge in [-0.15, -0.1) is 19.0 Å². The molecule has 0 aliphatic carbocycles. The Labute approximate surface area is 247 Å². The number of nitrogens with one attached hydrogen (secondary N) is 1. The highest BCUT2D eigenvalue weighted by Gasteiger charge is 2.28. The molecule has 0 bridgehead atoms. The number of hydrogen-bond donors (Lipinski definition) is 1. The van der Waals surface area contributed by atoms with Crippen molar-refractivity contribution in [3.8, 4) is 0 Å². The molecule has 0 aromatic heterocycles. The summed E-state index contributed by atoms with van der Waals surface area (Å²) in [5.74, 6) is -0.0334. The van der Waals surface area contributed by atoms with Crippen LogP contribution in [0.15, 0.2) is 73.3 Å². The molecule has 8 heteroatoms. The second-order valence-corrected chi connectivity index (χ2v) is 10.6. The van der Waals surface area contributed by atoms with E-state index in [-0.39, 0.29) is 24.2 Å². The van der Waals surface area contributed by atoms with Crippen LogP contribution in [-0.2, 0) is 0 Å². The summed E-state index contributed by atoms with van der Waals surface area (Å²) in [6.07, 6.45) is 4.79. The van der Waals surface area contributed by atoms with Crippen LogP contribution < -0.4 is 10.2 Å². The lowest BCUT2D eigenvalue weighted by atomic mass is 9.91. The van der Waals surface area contributed by atoms with Crippen molar-refractivity contribution in [1.82, 2.24) is 4.90 Å². The van der Waals surface area contributed by atoms with Gasteiger partial charge in [0.25, 0.3) is 11.8 Å². The fourth-order valence-corrected chi connectivity index (χ4v) is 5.44. The number of carbonyl (C=O) groups excluding carboxylic acids is 2. The molecule has 0 radical (unpaired) electrons. The molecular formula is C31H34Cl3N3O2. The Hall–Kier alpha value is -2.83. The third-order valence-electron chi connectivity index (χ3n) is 7.03. The number of likely N-dealkylation sites (N-methyl/N-ethyl adjacent to an activating group) is 1. The normalized spacial score (nSPS) is 14.7. The topological polar surface area (TPSA) is 52.6 Å². The lowest BCUT2D eigenvalue weighted by molar-refractivity contribution is 0.0985. The summed E-state index contributed by atoms with van der Waals surface area (Å²) in [5, 5.41) is 3.95. The van der Waals surface area contributed by atoms with E-state index in [0.29, 0.717) is 39.3 Å².